The van der Waals surface area contributed by atoms with Crippen LogP contribution in [0, 0.1) is 0 Å². The molecule has 1 heterocycles. The molecule has 120 valence electrons. The van der Waals surface area contributed by atoms with E-state index in [2.05, 4.69) is 10.3 Å². The van der Waals surface area contributed by atoms with Crippen LogP contribution >= 0.6 is 0 Å². The van der Waals surface area contributed by atoms with Gasteiger partial charge in [0.15, 0.2) is 5.78 Å². The SMILES string of the molecule is CCc1cccc(NC(=O)CCC(=O)c2ccc(OC)cc2)n1. The second-order valence-corrected chi connectivity index (χ2v) is 5.07. The summed E-state index contributed by atoms with van der Waals surface area (Å²) in [6.45, 7) is 2.00. The molecule has 5 heteroatoms. The molecule has 0 unspecified atom stereocenters. The van der Waals surface area contributed by atoms with Crippen molar-refractivity contribution in [3.63, 3.8) is 0 Å². The minimum absolute atomic E-state index is 0.0712. The average molecular weight is 312 g/mol. The van der Waals surface area contributed by atoms with Crippen molar-refractivity contribution in [3.05, 3.63) is 53.7 Å². The molecule has 0 radical (unpaired) electrons. The Balaban J connectivity index is 1.86. The molecular formula is C18H20N2O3. The molecule has 0 fully saturated rings. The van der Waals surface area contributed by atoms with E-state index in [-0.39, 0.29) is 24.5 Å². The summed E-state index contributed by atoms with van der Waals surface area (Å²) in [5.74, 6) is 0.929. The van der Waals surface area contributed by atoms with Crippen LogP contribution < -0.4 is 10.1 Å². The highest BCUT2D eigenvalue weighted by atomic mass is 16.5. The van der Waals surface area contributed by atoms with Gasteiger partial charge in [0.2, 0.25) is 5.91 Å². The smallest absolute Gasteiger partial charge is 0.225 e. The maximum Gasteiger partial charge on any atom is 0.225 e. The highest BCUT2D eigenvalue weighted by Crippen LogP contribution is 2.14. The number of rotatable bonds is 7. The summed E-state index contributed by atoms with van der Waals surface area (Å²) in [6, 6.07) is 12.4. The first-order valence-corrected chi connectivity index (χ1v) is 7.55. The Labute approximate surface area is 135 Å². The molecule has 0 atom stereocenters. The molecule has 0 saturated carbocycles. The molecule has 0 aliphatic carbocycles. The van der Waals surface area contributed by atoms with Crippen LogP contribution in [0.15, 0.2) is 42.5 Å². The van der Waals surface area contributed by atoms with Gasteiger partial charge in [-0.3, -0.25) is 9.59 Å². The maximum absolute atomic E-state index is 12.1. The second kappa shape index (κ2) is 8.08. The third-order valence-electron chi connectivity index (χ3n) is 3.43. The van der Waals surface area contributed by atoms with Crippen molar-refractivity contribution in [2.45, 2.75) is 26.2 Å². The fourth-order valence-corrected chi connectivity index (χ4v) is 2.10. The quantitative estimate of drug-likeness (QED) is 0.797. The Kier molecular flexibility index (Phi) is 5.86. The van der Waals surface area contributed by atoms with Gasteiger partial charge in [0.05, 0.1) is 7.11 Å². The highest BCUT2D eigenvalue weighted by Gasteiger charge is 2.10. The van der Waals surface area contributed by atoms with E-state index in [0.29, 0.717) is 17.1 Å². The summed E-state index contributed by atoms with van der Waals surface area (Å²) in [7, 11) is 1.57. The van der Waals surface area contributed by atoms with E-state index in [1.807, 2.05) is 19.1 Å². The largest absolute Gasteiger partial charge is 0.497 e. The Bertz CT molecular complexity index is 681. The van der Waals surface area contributed by atoms with Gasteiger partial charge in [-0.25, -0.2) is 4.98 Å². The molecule has 5 nitrogen and oxygen atoms in total. The summed E-state index contributed by atoms with van der Waals surface area (Å²) in [4.78, 5) is 28.3. The van der Waals surface area contributed by atoms with Crippen molar-refractivity contribution in [3.8, 4) is 5.75 Å². The van der Waals surface area contributed by atoms with Crippen molar-refractivity contribution >= 4 is 17.5 Å². The number of pyridine rings is 1. The summed E-state index contributed by atoms with van der Waals surface area (Å²) in [5, 5.41) is 2.72. The number of anilines is 1. The molecule has 0 spiro atoms. The van der Waals surface area contributed by atoms with Gasteiger partial charge in [-0.2, -0.15) is 0 Å². The second-order valence-electron chi connectivity index (χ2n) is 5.07. The van der Waals surface area contributed by atoms with Crippen molar-refractivity contribution in [1.29, 1.82) is 0 Å². The van der Waals surface area contributed by atoms with Crippen LogP contribution in [0.1, 0.15) is 35.8 Å². The predicted molar refractivity (Wildman–Crippen MR) is 88.8 cm³/mol. The van der Waals surface area contributed by atoms with E-state index in [1.54, 1.807) is 37.4 Å². The maximum atomic E-state index is 12.1. The molecule has 0 bridgehead atoms. The first-order chi connectivity index (χ1) is 11.1. The number of hydrogen-bond acceptors (Lipinski definition) is 4. The van der Waals surface area contributed by atoms with E-state index in [9.17, 15) is 9.59 Å². The van der Waals surface area contributed by atoms with Crippen molar-refractivity contribution in [1.82, 2.24) is 4.98 Å². The molecule has 1 aromatic carbocycles. The van der Waals surface area contributed by atoms with Gasteiger partial charge in [0.1, 0.15) is 11.6 Å². The number of nitrogens with zero attached hydrogens (tertiary/aromatic N) is 1. The van der Waals surface area contributed by atoms with Crippen LogP contribution in [0.2, 0.25) is 0 Å². The van der Waals surface area contributed by atoms with Crippen LogP contribution in [-0.2, 0) is 11.2 Å². The van der Waals surface area contributed by atoms with E-state index in [0.717, 1.165) is 12.1 Å². The van der Waals surface area contributed by atoms with Crippen molar-refractivity contribution < 1.29 is 14.3 Å². The standard InChI is InChI=1S/C18H20N2O3/c1-3-14-5-4-6-17(19-14)20-18(22)12-11-16(21)13-7-9-15(23-2)10-8-13/h4-10H,3,11-12H2,1-2H3,(H,19,20,22). The third-order valence-corrected chi connectivity index (χ3v) is 3.43. The molecule has 1 aromatic heterocycles. The Hall–Kier alpha value is -2.69. The van der Waals surface area contributed by atoms with E-state index in [4.69, 9.17) is 4.74 Å². The summed E-state index contributed by atoms with van der Waals surface area (Å²) in [6.07, 6.45) is 1.09. The molecule has 1 N–H and O–H groups in total. The zero-order valence-electron chi connectivity index (χ0n) is 13.3. The molecule has 1 amide bonds. The number of nitrogens with one attached hydrogen (secondary N) is 1. The van der Waals surface area contributed by atoms with Gasteiger partial charge < -0.3 is 10.1 Å². The molecule has 2 rings (SSSR count). The van der Waals surface area contributed by atoms with Crippen molar-refractivity contribution in [2.24, 2.45) is 0 Å². The first kappa shape index (κ1) is 16.7. The summed E-state index contributed by atoms with van der Waals surface area (Å²) >= 11 is 0. The molecule has 23 heavy (non-hydrogen) atoms. The van der Waals surface area contributed by atoms with Gasteiger partial charge >= 0.3 is 0 Å². The van der Waals surface area contributed by atoms with Crippen LogP contribution in [0.5, 0.6) is 5.75 Å². The summed E-state index contributed by atoms with van der Waals surface area (Å²) in [5.41, 5.74) is 1.49. The predicted octanol–water partition coefficient (Wildman–Crippen LogP) is 3.25. The average Bonchev–Trinajstić information content (AvgIpc) is 2.60. The lowest BCUT2D eigenvalue weighted by Crippen LogP contribution is -2.14. The number of amides is 1. The Morgan fingerprint density at radius 2 is 1.83 bits per heavy atom. The monoisotopic (exact) mass is 312 g/mol. The highest BCUT2D eigenvalue weighted by molar-refractivity contribution is 5.99. The van der Waals surface area contributed by atoms with Crippen LogP contribution in [0.4, 0.5) is 5.82 Å². The topological polar surface area (TPSA) is 68.3 Å². The number of aromatic nitrogens is 1. The van der Waals surface area contributed by atoms with Gasteiger partial charge in [-0.05, 0) is 42.8 Å². The van der Waals surface area contributed by atoms with Gasteiger partial charge in [0, 0.05) is 24.1 Å². The zero-order chi connectivity index (χ0) is 16.7. The lowest BCUT2D eigenvalue weighted by molar-refractivity contribution is -0.116. The molecule has 0 aliphatic rings. The van der Waals surface area contributed by atoms with Gasteiger partial charge in [-0.1, -0.05) is 13.0 Å². The van der Waals surface area contributed by atoms with Crippen molar-refractivity contribution in [2.75, 3.05) is 12.4 Å². The number of methoxy groups -OCH3 is 1. The van der Waals surface area contributed by atoms with Crippen LogP contribution in [-0.4, -0.2) is 23.8 Å². The van der Waals surface area contributed by atoms with E-state index in [1.165, 1.54) is 0 Å². The molecule has 0 aliphatic heterocycles. The number of benzene rings is 1. The number of ketones is 1. The third kappa shape index (κ3) is 4.92. The van der Waals surface area contributed by atoms with E-state index < -0.39 is 0 Å². The minimum Gasteiger partial charge on any atom is -0.497 e. The first-order valence-electron chi connectivity index (χ1n) is 7.55. The minimum atomic E-state index is -0.215. The number of carbonyl (C=O) groups is 2. The Morgan fingerprint density at radius 3 is 2.48 bits per heavy atom. The molecule has 0 saturated heterocycles. The lowest BCUT2D eigenvalue weighted by Gasteiger charge is -2.06. The van der Waals surface area contributed by atoms with Gasteiger partial charge in [0.25, 0.3) is 0 Å². The molecular weight excluding hydrogens is 292 g/mol. The number of carbonyl (C=O) groups excluding carboxylic acids is 2. The number of hydrogen-bond donors (Lipinski definition) is 1. The molecule has 2 aromatic rings. The van der Waals surface area contributed by atoms with Crippen LogP contribution in [0.25, 0.3) is 0 Å². The van der Waals surface area contributed by atoms with Gasteiger partial charge in [-0.15, -0.1) is 0 Å². The summed E-state index contributed by atoms with van der Waals surface area (Å²) < 4.78 is 5.05. The van der Waals surface area contributed by atoms with Crippen LogP contribution in [0.3, 0.4) is 0 Å². The fraction of sp³-hybridized carbons (Fsp3) is 0.278. The normalized spacial score (nSPS) is 10.2. The van der Waals surface area contributed by atoms with E-state index >= 15 is 0 Å². The number of Topliss-reactive ketones (excluding diaryl/α,β-unsaturated/α-hetero) is 1. The lowest BCUT2D eigenvalue weighted by atomic mass is 10.1. The zero-order valence-corrected chi connectivity index (χ0v) is 13.3. The Morgan fingerprint density at radius 1 is 1.09 bits per heavy atom. The number of aryl methyl sites for hydroxylation is 1. The fourth-order valence-electron chi connectivity index (χ4n) is 2.10. The number of ether oxygens (including phenoxy) is 1.